The summed E-state index contributed by atoms with van der Waals surface area (Å²) in [6.45, 7) is 6.32. The Kier molecular flexibility index (Phi) is 12.7. The van der Waals surface area contributed by atoms with Crippen molar-refractivity contribution in [2.24, 2.45) is 4.99 Å². The van der Waals surface area contributed by atoms with Crippen LogP contribution >= 0.6 is 24.0 Å². The molecule has 30 heavy (non-hydrogen) atoms. The van der Waals surface area contributed by atoms with Gasteiger partial charge in [0.05, 0.1) is 13.1 Å². The molecular formula is C21H35F3IN5. The van der Waals surface area contributed by atoms with Crippen LogP contribution in [0.5, 0.6) is 0 Å². The van der Waals surface area contributed by atoms with Crippen LogP contribution in [0.15, 0.2) is 29.3 Å². The monoisotopic (exact) mass is 541 g/mol. The third-order valence-corrected chi connectivity index (χ3v) is 4.88. The van der Waals surface area contributed by atoms with Crippen LogP contribution in [0, 0.1) is 0 Å². The number of benzene rings is 1. The van der Waals surface area contributed by atoms with E-state index in [0.717, 1.165) is 12.1 Å². The number of rotatable bonds is 9. The Balaban J connectivity index is 0.00000450. The number of alkyl halides is 3. The summed E-state index contributed by atoms with van der Waals surface area (Å²) in [5.41, 5.74) is 2.43. The lowest BCUT2D eigenvalue weighted by Crippen LogP contribution is -2.42. The zero-order valence-corrected chi connectivity index (χ0v) is 20.3. The molecule has 2 N–H and O–H groups in total. The molecule has 0 saturated carbocycles. The highest BCUT2D eigenvalue weighted by molar-refractivity contribution is 14.0. The zero-order valence-electron chi connectivity index (χ0n) is 18.0. The fraction of sp³-hybridized carbons (Fsp3) is 0.667. The summed E-state index contributed by atoms with van der Waals surface area (Å²) in [5, 5.41) is 6.23. The van der Waals surface area contributed by atoms with E-state index >= 15 is 0 Å². The standard InChI is InChI=1S/C21H34F3N5.HI/c1-3-25-20(26-11-14-28(2)17-21(22,23)24)27-15-18-7-9-19(10-8-18)16-29-12-5-4-6-13-29;/h7-10H,3-6,11-17H2,1-2H3,(H2,25,26,27);1H. The molecule has 0 atom stereocenters. The number of piperidine rings is 1. The molecule has 0 aromatic heterocycles. The minimum absolute atomic E-state index is 0. The molecule has 172 valence electrons. The van der Waals surface area contributed by atoms with Gasteiger partial charge in [0.15, 0.2) is 5.96 Å². The fourth-order valence-corrected chi connectivity index (χ4v) is 3.39. The number of aliphatic imine (C=N–C) groups is 1. The summed E-state index contributed by atoms with van der Waals surface area (Å²) in [7, 11) is 1.46. The summed E-state index contributed by atoms with van der Waals surface area (Å²) in [5.74, 6) is 0.616. The van der Waals surface area contributed by atoms with E-state index in [2.05, 4.69) is 44.8 Å². The predicted octanol–water partition coefficient (Wildman–Crippen LogP) is 3.84. The van der Waals surface area contributed by atoms with Gasteiger partial charge < -0.3 is 10.6 Å². The van der Waals surface area contributed by atoms with E-state index < -0.39 is 12.7 Å². The molecule has 5 nitrogen and oxygen atoms in total. The van der Waals surface area contributed by atoms with E-state index in [4.69, 9.17) is 0 Å². The molecule has 1 heterocycles. The Morgan fingerprint density at radius 1 is 1.07 bits per heavy atom. The van der Waals surface area contributed by atoms with Gasteiger partial charge in [-0.3, -0.25) is 9.80 Å². The fourth-order valence-electron chi connectivity index (χ4n) is 3.39. The molecule has 0 spiro atoms. The van der Waals surface area contributed by atoms with Crippen molar-refractivity contribution in [3.05, 3.63) is 35.4 Å². The molecule has 0 bridgehead atoms. The van der Waals surface area contributed by atoms with E-state index in [1.165, 1.54) is 49.9 Å². The highest BCUT2D eigenvalue weighted by atomic mass is 127. The van der Waals surface area contributed by atoms with Gasteiger partial charge in [-0.1, -0.05) is 30.7 Å². The normalized spacial score (nSPS) is 15.7. The van der Waals surface area contributed by atoms with Crippen molar-refractivity contribution < 1.29 is 13.2 Å². The Hall–Kier alpha value is -1.07. The number of nitrogens with zero attached hydrogens (tertiary/aromatic N) is 3. The van der Waals surface area contributed by atoms with Crippen molar-refractivity contribution in [3.8, 4) is 0 Å². The highest BCUT2D eigenvalue weighted by Crippen LogP contribution is 2.15. The quantitative estimate of drug-likeness (QED) is 0.284. The van der Waals surface area contributed by atoms with Gasteiger partial charge in [0.25, 0.3) is 0 Å². The van der Waals surface area contributed by atoms with Crippen molar-refractivity contribution in [3.63, 3.8) is 0 Å². The van der Waals surface area contributed by atoms with Crippen molar-refractivity contribution in [2.75, 3.05) is 46.3 Å². The molecule has 0 aliphatic carbocycles. The smallest absolute Gasteiger partial charge is 0.357 e. The Morgan fingerprint density at radius 2 is 1.70 bits per heavy atom. The summed E-state index contributed by atoms with van der Waals surface area (Å²) >= 11 is 0. The van der Waals surface area contributed by atoms with Gasteiger partial charge in [0, 0.05) is 26.2 Å². The van der Waals surface area contributed by atoms with Crippen molar-refractivity contribution >= 4 is 29.9 Å². The van der Waals surface area contributed by atoms with Crippen LogP contribution in [-0.2, 0) is 13.1 Å². The van der Waals surface area contributed by atoms with Gasteiger partial charge >= 0.3 is 6.18 Å². The Bertz CT molecular complexity index is 616. The van der Waals surface area contributed by atoms with Gasteiger partial charge in [-0.05, 0) is 51.0 Å². The van der Waals surface area contributed by atoms with E-state index in [0.29, 0.717) is 25.6 Å². The lowest BCUT2D eigenvalue weighted by molar-refractivity contribution is -0.142. The number of hydrogen-bond acceptors (Lipinski definition) is 3. The Labute approximate surface area is 195 Å². The SMILES string of the molecule is CCNC(=NCc1ccc(CN2CCCCC2)cc1)NCCN(C)CC(F)(F)F.I. The number of likely N-dealkylation sites (tertiary alicyclic amines) is 1. The summed E-state index contributed by atoms with van der Waals surface area (Å²) in [4.78, 5) is 8.29. The molecule has 1 aliphatic rings. The third-order valence-electron chi connectivity index (χ3n) is 4.88. The minimum Gasteiger partial charge on any atom is -0.357 e. The van der Waals surface area contributed by atoms with E-state index in [1.807, 2.05) is 6.92 Å². The average Bonchev–Trinajstić information content (AvgIpc) is 2.66. The maximum absolute atomic E-state index is 12.4. The summed E-state index contributed by atoms with van der Waals surface area (Å²) < 4.78 is 37.1. The second-order valence-electron chi connectivity index (χ2n) is 7.63. The molecule has 1 saturated heterocycles. The van der Waals surface area contributed by atoms with Gasteiger partial charge in [-0.15, -0.1) is 24.0 Å². The number of nitrogens with one attached hydrogen (secondary N) is 2. The number of hydrogen-bond donors (Lipinski definition) is 2. The van der Waals surface area contributed by atoms with Crippen LogP contribution in [0.4, 0.5) is 13.2 Å². The van der Waals surface area contributed by atoms with Crippen LogP contribution < -0.4 is 10.6 Å². The Morgan fingerprint density at radius 3 is 2.30 bits per heavy atom. The minimum atomic E-state index is -4.17. The summed E-state index contributed by atoms with van der Waals surface area (Å²) in [6.07, 6.45) is -0.250. The first kappa shape index (κ1) is 27.0. The van der Waals surface area contributed by atoms with Gasteiger partial charge in [-0.2, -0.15) is 13.2 Å². The van der Waals surface area contributed by atoms with Crippen molar-refractivity contribution in [1.82, 2.24) is 20.4 Å². The third kappa shape index (κ3) is 11.4. The van der Waals surface area contributed by atoms with Crippen LogP contribution in [0.2, 0.25) is 0 Å². The maximum Gasteiger partial charge on any atom is 0.401 e. The first-order valence-electron chi connectivity index (χ1n) is 10.4. The molecule has 1 aromatic carbocycles. The lowest BCUT2D eigenvalue weighted by atomic mass is 10.1. The first-order valence-corrected chi connectivity index (χ1v) is 10.4. The summed E-state index contributed by atoms with van der Waals surface area (Å²) in [6, 6.07) is 8.52. The molecule has 0 amide bonds. The van der Waals surface area contributed by atoms with E-state index in [-0.39, 0.29) is 30.5 Å². The lowest BCUT2D eigenvalue weighted by Gasteiger charge is -2.26. The average molecular weight is 541 g/mol. The second-order valence-corrected chi connectivity index (χ2v) is 7.63. The van der Waals surface area contributed by atoms with Crippen LogP contribution in [0.25, 0.3) is 0 Å². The molecule has 1 aliphatic heterocycles. The van der Waals surface area contributed by atoms with E-state index in [9.17, 15) is 13.2 Å². The molecule has 9 heteroatoms. The van der Waals surface area contributed by atoms with Crippen LogP contribution in [0.3, 0.4) is 0 Å². The molecule has 2 rings (SSSR count). The van der Waals surface area contributed by atoms with Gasteiger partial charge in [-0.25, -0.2) is 4.99 Å². The van der Waals surface area contributed by atoms with E-state index in [1.54, 1.807) is 0 Å². The molecule has 0 unspecified atom stereocenters. The van der Waals surface area contributed by atoms with Crippen molar-refractivity contribution in [1.29, 1.82) is 0 Å². The van der Waals surface area contributed by atoms with Crippen molar-refractivity contribution in [2.45, 2.75) is 45.5 Å². The number of halogens is 4. The maximum atomic E-state index is 12.4. The largest absolute Gasteiger partial charge is 0.401 e. The number of guanidine groups is 1. The highest BCUT2D eigenvalue weighted by Gasteiger charge is 2.28. The molecule has 1 fully saturated rings. The molecule has 1 aromatic rings. The first-order chi connectivity index (χ1) is 13.9. The zero-order chi connectivity index (χ0) is 21.1. The van der Waals surface area contributed by atoms with Gasteiger partial charge in [0.2, 0.25) is 0 Å². The second kappa shape index (κ2) is 14.1. The molecule has 0 radical (unpaired) electrons. The predicted molar refractivity (Wildman–Crippen MR) is 127 cm³/mol. The van der Waals surface area contributed by atoms with Crippen LogP contribution in [0.1, 0.15) is 37.3 Å². The molecular weight excluding hydrogens is 506 g/mol. The van der Waals surface area contributed by atoms with Gasteiger partial charge in [0.1, 0.15) is 0 Å². The topological polar surface area (TPSA) is 42.9 Å². The van der Waals surface area contributed by atoms with Crippen LogP contribution in [-0.4, -0.2) is 68.3 Å². The number of likely N-dealkylation sites (N-methyl/N-ethyl adjacent to an activating group) is 1.